The maximum atomic E-state index is 11.7. The average molecular weight is 211 g/mol. The summed E-state index contributed by atoms with van der Waals surface area (Å²) in [4.78, 5) is 15.6. The van der Waals surface area contributed by atoms with Crippen molar-refractivity contribution >= 4 is 11.9 Å². The number of nitrogens with zero attached hydrogens (tertiary/aromatic N) is 1. The maximum Gasteiger partial charge on any atom is 0.301 e. The molecular weight excluding hydrogens is 198 g/mol. The molecule has 1 fully saturated rings. The number of aryl methyl sites for hydroxylation is 1. The second kappa shape index (κ2) is 4.00. The van der Waals surface area contributed by atoms with Gasteiger partial charge < -0.3 is 14.9 Å². The molecule has 1 aliphatic heterocycles. The van der Waals surface area contributed by atoms with Gasteiger partial charge in [-0.25, -0.2) is 0 Å². The van der Waals surface area contributed by atoms with Gasteiger partial charge in [-0.05, 0) is 6.92 Å². The molecule has 3 N–H and O–H groups in total. The van der Waals surface area contributed by atoms with E-state index in [1.54, 1.807) is 6.92 Å². The average Bonchev–Trinajstić information content (AvgIpc) is 2.75. The predicted molar refractivity (Wildman–Crippen MR) is 52.2 cm³/mol. The molecular formula is C9H13N3O3. The molecule has 0 aromatic carbocycles. The molecule has 15 heavy (non-hydrogen) atoms. The van der Waals surface area contributed by atoms with Crippen molar-refractivity contribution in [3.63, 3.8) is 0 Å². The van der Waals surface area contributed by atoms with E-state index in [0.717, 1.165) is 5.69 Å². The predicted octanol–water partition coefficient (Wildman–Crippen LogP) is -0.105. The Hall–Kier alpha value is -1.40. The molecule has 2 unspecified atom stereocenters. The summed E-state index contributed by atoms with van der Waals surface area (Å²) in [7, 11) is 0. The topological polar surface area (TPSA) is 90.4 Å². The van der Waals surface area contributed by atoms with Crippen molar-refractivity contribution in [2.24, 2.45) is 11.7 Å². The first-order valence-electron chi connectivity index (χ1n) is 4.73. The minimum atomic E-state index is -0.322. The molecule has 0 bridgehead atoms. The number of rotatable bonds is 2. The van der Waals surface area contributed by atoms with Gasteiger partial charge in [-0.2, -0.15) is 4.98 Å². The van der Waals surface area contributed by atoms with Crippen LogP contribution in [0.3, 0.4) is 0 Å². The van der Waals surface area contributed by atoms with Crippen LogP contribution in [0.15, 0.2) is 10.7 Å². The van der Waals surface area contributed by atoms with Gasteiger partial charge in [0.25, 0.3) is 0 Å². The first-order chi connectivity index (χ1) is 7.16. The van der Waals surface area contributed by atoms with Crippen LogP contribution < -0.4 is 11.1 Å². The summed E-state index contributed by atoms with van der Waals surface area (Å²) in [5.41, 5.74) is 6.42. The van der Waals surface area contributed by atoms with Crippen molar-refractivity contribution in [3.05, 3.63) is 12.0 Å². The number of aromatic nitrogens is 1. The van der Waals surface area contributed by atoms with Gasteiger partial charge in [0.1, 0.15) is 6.26 Å². The highest BCUT2D eigenvalue weighted by Gasteiger charge is 2.31. The van der Waals surface area contributed by atoms with Crippen molar-refractivity contribution in [2.75, 3.05) is 18.5 Å². The molecule has 2 atom stereocenters. The number of oxazole rings is 1. The van der Waals surface area contributed by atoms with Crippen molar-refractivity contribution in [3.8, 4) is 0 Å². The number of nitrogens with two attached hydrogens (primary N) is 1. The van der Waals surface area contributed by atoms with Crippen LogP contribution in [-0.2, 0) is 9.53 Å². The van der Waals surface area contributed by atoms with Gasteiger partial charge in [-0.1, -0.05) is 0 Å². The van der Waals surface area contributed by atoms with Crippen LogP contribution in [0.1, 0.15) is 5.69 Å². The lowest BCUT2D eigenvalue weighted by Crippen LogP contribution is -2.37. The van der Waals surface area contributed by atoms with Crippen molar-refractivity contribution in [1.82, 2.24) is 4.98 Å². The lowest BCUT2D eigenvalue weighted by molar-refractivity contribution is -0.120. The number of anilines is 1. The van der Waals surface area contributed by atoms with E-state index in [2.05, 4.69) is 10.3 Å². The zero-order valence-corrected chi connectivity index (χ0v) is 8.40. The fraction of sp³-hybridized carbons (Fsp3) is 0.556. The molecule has 1 saturated heterocycles. The second-order valence-electron chi connectivity index (χ2n) is 3.59. The molecule has 2 heterocycles. The van der Waals surface area contributed by atoms with E-state index in [-0.39, 0.29) is 23.9 Å². The Labute approximate surface area is 86.8 Å². The highest BCUT2D eigenvalue weighted by Crippen LogP contribution is 2.14. The van der Waals surface area contributed by atoms with Crippen LogP contribution >= 0.6 is 0 Å². The second-order valence-corrected chi connectivity index (χ2v) is 3.59. The van der Waals surface area contributed by atoms with E-state index >= 15 is 0 Å². The molecule has 0 saturated carbocycles. The Kier molecular flexibility index (Phi) is 2.70. The molecule has 6 nitrogen and oxygen atoms in total. The van der Waals surface area contributed by atoms with Crippen LogP contribution in [-0.4, -0.2) is 30.1 Å². The van der Waals surface area contributed by atoms with Crippen LogP contribution in [0.5, 0.6) is 0 Å². The molecule has 82 valence electrons. The van der Waals surface area contributed by atoms with E-state index in [9.17, 15) is 4.79 Å². The van der Waals surface area contributed by atoms with Gasteiger partial charge in [0, 0.05) is 6.04 Å². The minimum Gasteiger partial charge on any atom is -0.432 e. The Morgan fingerprint density at radius 2 is 2.47 bits per heavy atom. The third-order valence-electron chi connectivity index (χ3n) is 2.31. The largest absolute Gasteiger partial charge is 0.432 e. The highest BCUT2D eigenvalue weighted by atomic mass is 16.5. The Bertz CT molecular complexity index is 363. The van der Waals surface area contributed by atoms with Crippen LogP contribution in [0.4, 0.5) is 6.01 Å². The Morgan fingerprint density at radius 1 is 1.67 bits per heavy atom. The molecule has 0 aliphatic carbocycles. The number of hydrogen-bond donors (Lipinski definition) is 2. The van der Waals surface area contributed by atoms with E-state index < -0.39 is 0 Å². The van der Waals surface area contributed by atoms with Crippen molar-refractivity contribution in [1.29, 1.82) is 0 Å². The summed E-state index contributed by atoms with van der Waals surface area (Å²) in [5, 5.41) is 2.56. The summed E-state index contributed by atoms with van der Waals surface area (Å²) >= 11 is 0. The van der Waals surface area contributed by atoms with Gasteiger partial charge in [0.2, 0.25) is 5.91 Å². The van der Waals surface area contributed by atoms with Crippen molar-refractivity contribution in [2.45, 2.75) is 13.0 Å². The molecule has 0 spiro atoms. The lowest BCUT2D eigenvalue weighted by Gasteiger charge is -2.10. The standard InChI is InChI=1S/C9H13N3O3/c1-5-2-15-9(11-5)12-8(13)6-3-14-4-7(6)10/h2,6-7H,3-4,10H2,1H3,(H,11,12,13). The molecule has 1 aromatic heterocycles. The number of ether oxygens (including phenoxy) is 1. The smallest absolute Gasteiger partial charge is 0.301 e. The highest BCUT2D eigenvalue weighted by molar-refractivity contribution is 5.91. The fourth-order valence-corrected chi connectivity index (χ4v) is 1.45. The first-order valence-corrected chi connectivity index (χ1v) is 4.73. The number of carbonyl (C=O) groups is 1. The van der Waals surface area contributed by atoms with E-state index in [1.165, 1.54) is 6.26 Å². The van der Waals surface area contributed by atoms with Crippen molar-refractivity contribution < 1.29 is 13.9 Å². The van der Waals surface area contributed by atoms with E-state index in [4.69, 9.17) is 14.9 Å². The monoisotopic (exact) mass is 211 g/mol. The third-order valence-corrected chi connectivity index (χ3v) is 2.31. The zero-order chi connectivity index (χ0) is 10.8. The summed E-state index contributed by atoms with van der Waals surface area (Å²) < 4.78 is 10.1. The van der Waals surface area contributed by atoms with Gasteiger partial charge in [-0.15, -0.1) is 0 Å². The Balaban J connectivity index is 1.97. The SMILES string of the molecule is Cc1coc(NC(=O)C2COCC2N)n1. The maximum absolute atomic E-state index is 11.7. The number of nitrogens with one attached hydrogen (secondary N) is 1. The lowest BCUT2D eigenvalue weighted by atomic mass is 10.0. The summed E-state index contributed by atoms with van der Waals surface area (Å²) in [6.45, 7) is 2.55. The molecule has 0 radical (unpaired) electrons. The normalized spacial score (nSPS) is 25.5. The molecule has 2 rings (SSSR count). The van der Waals surface area contributed by atoms with Gasteiger partial charge in [-0.3, -0.25) is 10.1 Å². The molecule has 6 heteroatoms. The number of carbonyl (C=O) groups excluding carboxylic acids is 1. The minimum absolute atomic E-state index is 0.205. The van der Waals surface area contributed by atoms with Gasteiger partial charge >= 0.3 is 6.01 Å². The van der Waals surface area contributed by atoms with Crippen LogP contribution in [0, 0.1) is 12.8 Å². The van der Waals surface area contributed by atoms with Crippen LogP contribution in [0.25, 0.3) is 0 Å². The molecule has 1 amide bonds. The quantitative estimate of drug-likeness (QED) is 0.712. The number of amides is 1. The first kappa shape index (κ1) is 10.1. The fourth-order valence-electron chi connectivity index (χ4n) is 1.45. The Morgan fingerprint density at radius 3 is 3.00 bits per heavy atom. The van der Waals surface area contributed by atoms with E-state index in [0.29, 0.717) is 13.2 Å². The zero-order valence-electron chi connectivity index (χ0n) is 8.40. The van der Waals surface area contributed by atoms with Gasteiger partial charge in [0.05, 0.1) is 24.8 Å². The van der Waals surface area contributed by atoms with Crippen LogP contribution in [0.2, 0.25) is 0 Å². The molecule has 1 aromatic rings. The number of hydrogen-bond acceptors (Lipinski definition) is 5. The summed E-state index contributed by atoms with van der Waals surface area (Å²) in [6.07, 6.45) is 1.47. The third kappa shape index (κ3) is 2.16. The molecule has 1 aliphatic rings. The van der Waals surface area contributed by atoms with Gasteiger partial charge in [0.15, 0.2) is 0 Å². The van der Waals surface area contributed by atoms with E-state index in [1.807, 2.05) is 0 Å². The summed E-state index contributed by atoms with van der Waals surface area (Å²) in [6, 6.07) is -0.0438. The summed E-state index contributed by atoms with van der Waals surface area (Å²) in [5.74, 6) is -0.529.